The van der Waals surface area contributed by atoms with Crippen LogP contribution in [0.2, 0.25) is 0 Å². The van der Waals surface area contributed by atoms with E-state index in [4.69, 9.17) is 10.8 Å². The second-order valence-corrected chi connectivity index (χ2v) is 6.14. The van der Waals surface area contributed by atoms with Gasteiger partial charge in [0.2, 0.25) is 5.91 Å². The molecule has 2 rings (SSSR count). The molecule has 1 heterocycles. The van der Waals surface area contributed by atoms with E-state index >= 15 is 0 Å². The summed E-state index contributed by atoms with van der Waals surface area (Å²) in [5.74, 6) is 0.0432. The molecule has 5 N–H and O–H groups in total. The van der Waals surface area contributed by atoms with E-state index in [0.29, 0.717) is 12.1 Å². The molecule has 0 aromatic heterocycles. The molecule has 1 aromatic carbocycles. The average Bonchev–Trinajstić information content (AvgIpc) is 2.36. The lowest BCUT2D eigenvalue weighted by molar-refractivity contribution is -0.116. The van der Waals surface area contributed by atoms with Gasteiger partial charge in [-0.15, -0.1) is 0 Å². The molecule has 0 atom stereocenters. The van der Waals surface area contributed by atoms with E-state index in [1.165, 1.54) is 0 Å². The predicted molar refractivity (Wildman–Crippen MR) is 81.8 cm³/mol. The minimum Gasteiger partial charge on any atom is -0.397 e. The molecule has 5 nitrogen and oxygen atoms in total. The average molecular weight is 277 g/mol. The van der Waals surface area contributed by atoms with Gasteiger partial charge in [-0.25, -0.2) is 0 Å². The van der Waals surface area contributed by atoms with Gasteiger partial charge < -0.3 is 21.5 Å². The van der Waals surface area contributed by atoms with Gasteiger partial charge in [-0.1, -0.05) is 13.8 Å². The van der Waals surface area contributed by atoms with Crippen LogP contribution in [0.1, 0.15) is 32.3 Å². The fourth-order valence-corrected chi connectivity index (χ4v) is 2.32. The van der Waals surface area contributed by atoms with E-state index in [0.717, 1.165) is 36.3 Å². The highest BCUT2D eigenvalue weighted by molar-refractivity contribution is 5.95. The Balaban J connectivity index is 2.11. The van der Waals surface area contributed by atoms with Crippen LogP contribution in [0.25, 0.3) is 0 Å². The number of rotatable bonds is 5. The van der Waals surface area contributed by atoms with Crippen molar-refractivity contribution in [1.29, 1.82) is 0 Å². The van der Waals surface area contributed by atoms with E-state index in [1.54, 1.807) is 0 Å². The minimum atomic E-state index is 0.00527. The van der Waals surface area contributed by atoms with Gasteiger partial charge in [0.05, 0.1) is 11.4 Å². The molecular weight excluding hydrogens is 254 g/mol. The molecule has 0 fully saturated rings. The Labute approximate surface area is 119 Å². The molecule has 0 saturated carbocycles. The number of amides is 1. The Morgan fingerprint density at radius 1 is 1.40 bits per heavy atom. The van der Waals surface area contributed by atoms with Gasteiger partial charge in [0, 0.05) is 25.3 Å². The molecule has 0 spiro atoms. The van der Waals surface area contributed by atoms with Crippen molar-refractivity contribution in [3.05, 3.63) is 17.7 Å². The number of aliphatic hydroxyl groups excluding tert-OH is 1. The first kappa shape index (κ1) is 14.7. The zero-order chi connectivity index (χ0) is 14.8. The molecule has 110 valence electrons. The van der Waals surface area contributed by atoms with Gasteiger partial charge in [0.25, 0.3) is 0 Å². The molecule has 1 aliphatic heterocycles. The van der Waals surface area contributed by atoms with Crippen LogP contribution in [0.4, 0.5) is 17.1 Å². The van der Waals surface area contributed by atoms with Crippen molar-refractivity contribution in [2.45, 2.75) is 33.1 Å². The summed E-state index contributed by atoms with van der Waals surface area (Å²) in [5, 5.41) is 15.2. The van der Waals surface area contributed by atoms with Crippen LogP contribution in [-0.4, -0.2) is 24.2 Å². The van der Waals surface area contributed by atoms with Crippen molar-refractivity contribution in [2.75, 3.05) is 29.5 Å². The number of benzene rings is 1. The summed E-state index contributed by atoms with van der Waals surface area (Å²) in [6.07, 6.45) is 2.00. The molecule has 0 radical (unpaired) electrons. The van der Waals surface area contributed by atoms with Gasteiger partial charge in [-0.2, -0.15) is 0 Å². The fraction of sp³-hybridized carbons (Fsp3) is 0.533. The Morgan fingerprint density at radius 3 is 2.85 bits per heavy atom. The lowest BCUT2D eigenvalue weighted by Crippen LogP contribution is -2.25. The first-order chi connectivity index (χ1) is 9.41. The van der Waals surface area contributed by atoms with Gasteiger partial charge in [0.15, 0.2) is 0 Å². The number of carbonyl (C=O) groups is 1. The number of aryl methyl sites for hydroxylation is 1. The van der Waals surface area contributed by atoms with Gasteiger partial charge in [0.1, 0.15) is 0 Å². The van der Waals surface area contributed by atoms with E-state index in [2.05, 4.69) is 24.5 Å². The van der Waals surface area contributed by atoms with E-state index in [-0.39, 0.29) is 17.9 Å². The first-order valence-corrected chi connectivity index (χ1v) is 6.98. The maximum Gasteiger partial charge on any atom is 0.224 e. The van der Waals surface area contributed by atoms with E-state index < -0.39 is 0 Å². The summed E-state index contributed by atoms with van der Waals surface area (Å²) in [6, 6.07) is 3.83. The number of nitrogen functional groups attached to an aromatic ring is 1. The summed E-state index contributed by atoms with van der Waals surface area (Å²) >= 11 is 0. The lowest BCUT2D eigenvalue weighted by atomic mass is 9.89. The molecule has 1 amide bonds. The monoisotopic (exact) mass is 277 g/mol. The van der Waals surface area contributed by atoms with Crippen molar-refractivity contribution < 1.29 is 9.90 Å². The van der Waals surface area contributed by atoms with Crippen LogP contribution < -0.4 is 16.4 Å². The molecule has 0 unspecified atom stereocenters. The van der Waals surface area contributed by atoms with Crippen molar-refractivity contribution in [3.8, 4) is 0 Å². The molecule has 1 aliphatic rings. The minimum absolute atomic E-state index is 0.00527. The molecular formula is C15H23N3O2. The Morgan fingerprint density at radius 2 is 2.15 bits per heavy atom. The van der Waals surface area contributed by atoms with Crippen molar-refractivity contribution >= 4 is 23.0 Å². The number of fused-ring (bicyclic) bond motifs is 1. The topological polar surface area (TPSA) is 87.4 Å². The molecule has 0 bridgehead atoms. The third-order valence-corrected chi connectivity index (χ3v) is 3.72. The number of hydrogen-bond donors (Lipinski definition) is 4. The fourth-order valence-electron chi connectivity index (χ4n) is 2.32. The van der Waals surface area contributed by atoms with Crippen LogP contribution >= 0.6 is 0 Å². The Bertz CT molecular complexity index is 512. The van der Waals surface area contributed by atoms with E-state index in [9.17, 15) is 4.79 Å². The zero-order valence-corrected chi connectivity index (χ0v) is 12.1. The standard InChI is InChI=1S/C15H23N3O2/c1-15(2,5-6-19)9-17-13-7-10-3-4-14(20)18-12(10)8-11(13)16/h7-8,17,19H,3-6,9,16H2,1-2H3,(H,18,20). The largest absolute Gasteiger partial charge is 0.397 e. The number of hydrogen-bond acceptors (Lipinski definition) is 4. The number of carbonyl (C=O) groups excluding carboxylic acids is 1. The third-order valence-electron chi connectivity index (χ3n) is 3.72. The van der Waals surface area contributed by atoms with Crippen LogP contribution in [-0.2, 0) is 11.2 Å². The number of nitrogens with two attached hydrogens (primary N) is 1. The van der Waals surface area contributed by atoms with Crippen molar-refractivity contribution in [1.82, 2.24) is 0 Å². The van der Waals surface area contributed by atoms with Crippen molar-refractivity contribution in [2.24, 2.45) is 5.41 Å². The predicted octanol–water partition coefficient (Wildman–Crippen LogP) is 1.97. The SMILES string of the molecule is CC(C)(CCO)CNc1cc2c(cc1N)NC(=O)CC2. The smallest absolute Gasteiger partial charge is 0.224 e. The number of anilines is 3. The van der Waals surface area contributed by atoms with Crippen LogP contribution in [0.5, 0.6) is 0 Å². The highest BCUT2D eigenvalue weighted by Gasteiger charge is 2.19. The molecule has 0 aliphatic carbocycles. The van der Waals surface area contributed by atoms with Crippen LogP contribution in [0, 0.1) is 5.41 Å². The normalized spacial score (nSPS) is 14.7. The lowest BCUT2D eigenvalue weighted by Gasteiger charge is -2.26. The summed E-state index contributed by atoms with van der Waals surface area (Å²) in [6.45, 7) is 5.12. The summed E-state index contributed by atoms with van der Waals surface area (Å²) < 4.78 is 0. The summed E-state index contributed by atoms with van der Waals surface area (Å²) in [4.78, 5) is 11.4. The Kier molecular flexibility index (Phi) is 4.18. The summed E-state index contributed by atoms with van der Waals surface area (Å²) in [5.41, 5.74) is 9.49. The van der Waals surface area contributed by atoms with Gasteiger partial charge >= 0.3 is 0 Å². The van der Waals surface area contributed by atoms with E-state index in [1.807, 2.05) is 12.1 Å². The zero-order valence-electron chi connectivity index (χ0n) is 12.1. The molecule has 20 heavy (non-hydrogen) atoms. The van der Waals surface area contributed by atoms with Crippen LogP contribution in [0.3, 0.4) is 0 Å². The highest BCUT2D eigenvalue weighted by Crippen LogP contribution is 2.32. The number of nitrogens with one attached hydrogen (secondary N) is 2. The highest BCUT2D eigenvalue weighted by atomic mass is 16.3. The second-order valence-electron chi connectivity index (χ2n) is 6.14. The van der Waals surface area contributed by atoms with Crippen LogP contribution in [0.15, 0.2) is 12.1 Å². The van der Waals surface area contributed by atoms with Gasteiger partial charge in [-0.3, -0.25) is 4.79 Å². The Hall–Kier alpha value is -1.75. The first-order valence-electron chi connectivity index (χ1n) is 6.98. The molecule has 5 heteroatoms. The third kappa shape index (κ3) is 3.42. The second kappa shape index (κ2) is 5.71. The quantitative estimate of drug-likeness (QED) is 0.620. The van der Waals surface area contributed by atoms with Crippen molar-refractivity contribution in [3.63, 3.8) is 0 Å². The maximum atomic E-state index is 11.4. The maximum absolute atomic E-state index is 11.4. The summed E-state index contributed by atoms with van der Waals surface area (Å²) in [7, 11) is 0. The van der Waals surface area contributed by atoms with Gasteiger partial charge in [-0.05, 0) is 36.0 Å². The molecule has 1 aromatic rings. The number of aliphatic hydroxyl groups is 1. The molecule has 0 saturated heterocycles.